The van der Waals surface area contributed by atoms with Gasteiger partial charge >= 0.3 is 6.18 Å². The molecule has 2 N–H and O–H groups in total. The van der Waals surface area contributed by atoms with Crippen molar-refractivity contribution in [2.75, 3.05) is 0 Å². The molecule has 1 heterocycles. The zero-order chi connectivity index (χ0) is 13.2. The van der Waals surface area contributed by atoms with Gasteiger partial charge in [0.15, 0.2) is 11.5 Å². The van der Waals surface area contributed by atoms with Gasteiger partial charge in [0.2, 0.25) is 0 Å². The highest BCUT2D eigenvalue weighted by atomic mass is 19.4. The van der Waals surface area contributed by atoms with Crippen LogP contribution in [-0.2, 0) is 6.18 Å². The molecule has 0 unspecified atom stereocenters. The van der Waals surface area contributed by atoms with Crippen molar-refractivity contribution in [3.63, 3.8) is 0 Å². The number of alkyl halides is 3. The summed E-state index contributed by atoms with van der Waals surface area (Å²) in [7, 11) is 0. The molecule has 5 nitrogen and oxygen atoms in total. The summed E-state index contributed by atoms with van der Waals surface area (Å²) in [5, 5.41) is 6.73. The lowest BCUT2D eigenvalue weighted by Gasteiger charge is -2.06. The smallest absolute Gasteiger partial charge is 0.382 e. The van der Waals surface area contributed by atoms with Crippen molar-refractivity contribution in [2.45, 2.75) is 6.18 Å². The quantitative estimate of drug-likeness (QED) is 0.659. The van der Waals surface area contributed by atoms with E-state index < -0.39 is 11.7 Å². The van der Waals surface area contributed by atoms with Crippen molar-refractivity contribution >= 4 is 11.5 Å². The Morgan fingerprint density at radius 1 is 1.33 bits per heavy atom. The van der Waals surface area contributed by atoms with Gasteiger partial charge in [0.1, 0.15) is 6.20 Å². The molecular weight excluding hydrogens is 249 g/mol. The molecule has 0 bridgehead atoms. The molecule has 0 amide bonds. The summed E-state index contributed by atoms with van der Waals surface area (Å²) >= 11 is 0. The second-order valence-electron chi connectivity index (χ2n) is 3.34. The fourth-order valence-corrected chi connectivity index (χ4v) is 1.23. The Bertz CT molecular complexity index is 563. The zero-order valence-corrected chi connectivity index (χ0v) is 8.85. The summed E-state index contributed by atoms with van der Waals surface area (Å²) in [6.45, 7) is 0. The van der Waals surface area contributed by atoms with Gasteiger partial charge in [0.25, 0.3) is 0 Å². The molecule has 2 aromatic rings. The fraction of sp³-hybridized carbons (Fsp3) is 0.100. The van der Waals surface area contributed by atoms with E-state index in [-0.39, 0.29) is 17.2 Å². The van der Waals surface area contributed by atoms with Crippen LogP contribution in [0.2, 0.25) is 0 Å². The molecule has 0 spiro atoms. The number of rotatable bonds is 2. The summed E-state index contributed by atoms with van der Waals surface area (Å²) in [6, 6.07) is 4.48. The zero-order valence-electron chi connectivity index (χ0n) is 8.85. The molecule has 0 fully saturated rings. The largest absolute Gasteiger partial charge is 0.416 e. The second-order valence-corrected chi connectivity index (χ2v) is 3.34. The molecule has 0 atom stereocenters. The van der Waals surface area contributed by atoms with E-state index in [9.17, 15) is 13.2 Å². The van der Waals surface area contributed by atoms with E-state index in [4.69, 9.17) is 5.73 Å². The highest BCUT2D eigenvalue weighted by Gasteiger charge is 2.30. The first kappa shape index (κ1) is 12.1. The first-order valence-corrected chi connectivity index (χ1v) is 4.76. The van der Waals surface area contributed by atoms with Crippen molar-refractivity contribution < 1.29 is 17.8 Å². The molecule has 0 aliphatic heterocycles. The molecule has 0 radical (unpaired) electrons. The number of benzene rings is 1. The van der Waals surface area contributed by atoms with Crippen LogP contribution in [0.15, 0.2) is 40.1 Å². The van der Waals surface area contributed by atoms with Crippen LogP contribution in [-0.4, -0.2) is 16.1 Å². The third-order valence-corrected chi connectivity index (χ3v) is 2.05. The van der Waals surface area contributed by atoms with Crippen molar-refractivity contribution in [1.29, 1.82) is 0 Å². The molecule has 1 aromatic heterocycles. The molecule has 2 rings (SSSR count). The van der Waals surface area contributed by atoms with Gasteiger partial charge in [-0.25, -0.2) is 9.62 Å². The van der Waals surface area contributed by atoms with E-state index in [1.165, 1.54) is 18.3 Å². The van der Waals surface area contributed by atoms with Crippen LogP contribution in [0.25, 0.3) is 0 Å². The predicted molar refractivity (Wildman–Crippen MR) is 56.1 cm³/mol. The molecule has 1 aromatic carbocycles. The summed E-state index contributed by atoms with van der Waals surface area (Å²) in [5.74, 6) is -0.0735. The Hall–Kier alpha value is -2.38. The molecule has 0 saturated carbocycles. The average Bonchev–Trinajstić information content (AvgIpc) is 2.81. The Labute approximate surface area is 99.1 Å². The van der Waals surface area contributed by atoms with Crippen LogP contribution in [0, 0.1) is 0 Å². The van der Waals surface area contributed by atoms with Gasteiger partial charge in [-0.15, -0.1) is 0 Å². The standard InChI is InChI=1S/C10H7F3N4O/c11-10(12,13)6-2-1-3-7(4-6)16-9(14)8-5-15-18-17-8/h1-5H,(H2,14,16). The van der Waals surface area contributed by atoms with E-state index in [1.807, 2.05) is 0 Å². The third kappa shape index (κ3) is 2.65. The number of aromatic nitrogens is 2. The molecule has 94 valence electrons. The number of hydrogen-bond donors (Lipinski definition) is 1. The summed E-state index contributed by atoms with van der Waals surface area (Å²) in [4.78, 5) is 3.81. The number of nitrogens with two attached hydrogens (primary N) is 1. The molecule has 18 heavy (non-hydrogen) atoms. The van der Waals surface area contributed by atoms with E-state index in [0.717, 1.165) is 12.1 Å². The van der Waals surface area contributed by atoms with Crippen molar-refractivity contribution in [3.05, 3.63) is 41.7 Å². The van der Waals surface area contributed by atoms with Gasteiger partial charge in [-0.3, -0.25) is 0 Å². The van der Waals surface area contributed by atoms with Crippen LogP contribution >= 0.6 is 0 Å². The lowest BCUT2D eigenvalue weighted by molar-refractivity contribution is -0.137. The first-order chi connectivity index (χ1) is 8.47. The monoisotopic (exact) mass is 256 g/mol. The van der Waals surface area contributed by atoms with Crippen LogP contribution in [0.4, 0.5) is 18.9 Å². The maximum atomic E-state index is 12.5. The Morgan fingerprint density at radius 2 is 2.11 bits per heavy atom. The van der Waals surface area contributed by atoms with Gasteiger partial charge in [-0.05, 0) is 23.4 Å². The van der Waals surface area contributed by atoms with Gasteiger partial charge in [0.05, 0.1) is 11.3 Å². The molecular formula is C10H7F3N4O. The van der Waals surface area contributed by atoms with E-state index >= 15 is 0 Å². The fourth-order valence-electron chi connectivity index (χ4n) is 1.23. The van der Waals surface area contributed by atoms with Crippen molar-refractivity contribution in [2.24, 2.45) is 10.7 Å². The van der Waals surface area contributed by atoms with Gasteiger partial charge in [-0.2, -0.15) is 13.2 Å². The molecule has 8 heteroatoms. The maximum absolute atomic E-state index is 12.5. The van der Waals surface area contributed by atoms with Gasteiger partial charge in [-0.1, -0.05) is 11.2 Å². The Balaban J connectivity index is 2.33. The average molecular weight is 256 g/mol. The number of halogens is 3. The van der Waals surface area contributed by atoms with E-state index in [2.05, 4.69) is 19.9 Å². The number of amidine groups is 1. The third-order valence-electron chi connectivity index (χ3n) is 2.05. The lowest BCUT2D eigenvalue weighted by atomic mass is 10.2. The SMILES string of the molecule is NC(=Nc1cccc(C(F)(F)F)c1)c1cnon1. The van der Waals surface area contributed by atoms with Crippen LogP contribution in [0.1, 0.15) is 11.3 Å². The van der Waals surface area contributed by atoms with Gasteiger partial charge < -0.3 is 5.73 Å². The van der Waals surface area contributed by atoms with Crippen molar-refractivity contribution in [3.8, 4) is 0 Å². The summed E-state index contributed by atoms with van der Waals surface area (Å²) < 4.78 is 41.7. The van der Waals surface area contributed by atoms with Crippen LogP contribution in [0.3, 0.4) is 0 Å². The highest BCUT2D eigenvalue weighted by molar-refractivity contribution is 5.96. The van der Waals surface area contributed by atoms with Crippen LogP contribution in [0.5, 0.6) is 0 Å². The van der Waals surface area contributed by atoms with E-state index in [0.29, 0.717) is 0 Å². The number of nitrogens with zero attached hydrogens (tertiary/aromatic N) is 3. The molecule has 0 saturated heterocycles. The predicted octanol–water partition coefficient (Wildman–Crippen LogP) is 2.13. The minimum Gasteiger partial charge on any atom is -0.382 e. The topological polar surface area (TPSA) is 77.3 Å². The first-order valence-electron chi connectivity index (χ1n) is 4.76. The summed E-state index contributed by atoms with van der Waals surface area (Å²) in [6.07, 6.45) is -3.21. The minimum absolute atomic E-state index is 0.0735. The van der Waals surface area contributed by atoms with Crippen LogP contribution < -0.4 is 5.73 Å². The van der Waals surface area contributed by atoms with Crippen molar-refractivity contribution in [1.82, 2.24) is 10.3 Å². The van der Waals surface area contributed by atoms with Gasteiger partial charge in [0, 0.05) is 0 Å². The molecule has 0 aliphatic rings. The minimum atomic E-state index is -4.42. The normalized spacial score (nSPS) is 12.7. The Kier molecular flexibility index (Phi) is 3.00. The lowest BCUT2D eigenvalue weighted by Crippen LogP contribution is -2.13. The Morgan fingerprint density at radius 3 is 2.72 bits per heavy atom. The number of hydrogen-bond acceptors (Lipinski definition) is 4. The number of aliphatic imine (C=N–C) groups is 1. The maximum Gasteiger partial charge on any atom is 0.416 e. The second kappa shape index (κ2) is 4.47. The highest BCUT2D eigenvalue weighted by Crippen LogP contribution is 2.31. The molecule has 0 aliphatic carbocycles. The van der Waals surface area contributed by atoms with E-state index in [1.54, 1.807) is 0 Å². The summed E-state index contributed by atoms with van der Waals surface area (Å²) in [5.41, 5.74) is 4.97.